The molecule has 2 aromatic heterocycles. The topological polar surface area (TPSA) is 51.0 Å². The van der Waals surface area contributed by atoms with Gasteiger partial charge in [-0.3, -0.25) is 0 Å². The Balaban J connectivity index is 0.00000128. The van der Waals surface area contributed by atoms with E-state index in [1.54, 1.807) is 11.3 Å². The van der Waals surface area contributed by atoms with Gasteiger partial charge in [0.1, 0.15) is 0 Å². The zero-order valence-corrected chi connectivity index (χ0v) is 10.6. The highest BCUT2D eigenvalue weighted by molar-refractivity contribution is 7.13. The molecule has 0 fully saturated rings. The van der Waals surface area contributed by atoms with Crippen LogP contribution in [0.15, 0.2) is 21.9 Å². The van der Waals surface area contributed by atoms with E-state index in [0.29, 0.717) is 18.3 Å². The van der Waals surface area contributed by atoms with Crippen LogP contribution >= 0.6 is 23.7 Å². The van der Waals surface area contributed by atoms with Crippen LogP contribution in [0.3, 0.4) is 0 Å². The van der Waals surface area contributed by atoms with Crippen molar-refractivity contribution in [3.05, 3.63) is 23.4 Å². The van der Waals surface area contributed by atoms with Gasteiger partial charge in [0.05, 0.1) is 11.4 Å². The fourth-order valence-corrected chi connectivity index (χ4v) is 1.84. The van der Waals surface area contributed by atoms with Crippen molar-refractivity contribution in [1.29, 1.82) is 0 Å². The predicted octanol–water partition coefficient (Wildman–Crippen LogP) is 2.72. The maximum Gasteiger partial charge on any atom is 0.257 e. The van der Waals surface area contributed by atoms with Crippen LogP contribution in [0.25, 0.3) is 10.8 Å². The Hall–Kier alpha value is -0.910. The Morgan fingerprint density at radius 3 is 3.00 bits per heavy atom. The van der Waals surface area contributed by atoms with E-state index in [4.69, 9.17) is 4.42 Å². The van der Waals surface area contributed by atoms with Gasteiger partial charge in [-0.1, -0.05) is 13.0 Å². The largest absolute Gasteiger partial charge is 0.419 e. The molecule has 2 aromatic rings. The van der Waals surface area contributed by atoms with E-state index in [1.807, 2.05) is 17.5 Å². The van der Waals surface area contributed by atoms with Crippen molar-refractivity contribution in [2.75, 3.05) is 6.54 Å². The summed E-state index contributed by atoms with van der Waals surface area (Å²) in [5, 5.41) is 13.2. The number of nitrogens with zero attached hydrogens (tertiary/aromatic N) is 2. The number of hydrogen-bond donors (Lipinski definition) is 1. The fourth-order valence-electron chi connectivity index (χ4n) is 1.20. The van der Waals surface area contributed by atoms with Crippen molar-refractivity contribution in [3.8, 4) is 10.8 Å². The van der Waals surface area contributed by atoms with Crippen LogP contribution < -0.4 is 5.32 Å². The molecule has 0 aliphatic heterocycles. The number of aromatic nitrogens is 2. The van der Waals surface area contributed by atoms with Gasteiger partial charge in [-0.2, -0.15) is 0 Å². The summed E-state index contributed by atoms with van der Waals surface area (Å²) >= 11 is 1.60. The molecule has 16 heavy (non-hydrogen) atoms. The van der Waals surface area contributed by atoms with E-state index in [9.17, 15) is 0 Å². The minimum Gasteiger partial charge on any atom is -0.419 e. The van der Waals surface area contributed by atoms with Crippen LogP contribution in [0.4, 0.5) is 0 Å². The minimum absolute atomic E-state index is 0. The Morgan fingerprint density at radius 1 is 1.44 bits per heavy atom. The van der Waals surface area contributed by atoms with Crippen LogP contribution in [0, 0.1) is 0 Å². The highest BCUT2D eigenvalue weighted by Gasteiger charge is 2.08. The maximum atomic E-state index is 5.50. The van der Waals surface area contributed by atoms with Gasteiger partial charge in [-0.25, -0.2) is 0 Å². The molecule has 0 spiro atoms. The van der Waals surface area contributed by atoms with E-state index in [2.05, 4.69) is 22.4 Å². The number of hydrogen-bond acceptors (Lipinski definition) is 5. The fraction of sp³-hybridized carbons (Fsp3) is 0.400. The van der Waals surface area contributed by atoms with Crippen LogP contribution in [0.5, 0.6) is 0 Å². The number of rotatable bonds is 5. The van der Waals surface area contributed by atoms with Crippen molar-refractivity contribution in [2.24, 2.45) is 0 Å². The summed E-state index contributed by atoms with van der Waals surface area (Å²) in [6.45, 7) is 3.74. The summed E-state index contributed by atoms with van der Waals surface area (Å²) in [6.07, 6.45) is 1.10. The molecule has 4 nitrogen and oxygen atoms in total. The molecule has 0 amide bonds. The van der Waals surface area contributed by atoms with E-state index in [-0.39, 0.29) is 12.4 Å². The molecular weight excluding hydrogens is 246 g/mol. The molecule has 6 heteroatoms. The lowest BCUT2D eigenvalue weighted by atomic mass is 10.5. The zero-order valence-electron chi connectivity index (χ0n) is 8.97. The van der Waals surface area contributed by atoms with E-state index >= 15 is 0 Å². The van der Waals surface area contributed by atoms with Crippen molar-refractivity contribution in [1.82, 2.24) is 15.5 Å². The third kappa shape index (κ3) is 3.30. The number of thiophene rings is 1. The molecule has 2 rings (SSSR count). The molecule has 0 unspecified atom stereocenters. The van der Waals surface area contributed by atoms with Gasteiger partial charge in [-0.15, -0.1) is 33.9 Å². The Morgan fingerprint density at radius 2 is 2.31 bits per heavy atom. The van der Waals surface area contributed by atoms with Crippen molar-refractivity contribution in [2.45, 2.75) is 19.9 Å². The molecule has 2 heterocycles. The first kappa shape index (κ1) is 13.2. The van der Waals surface area contributed by atoms with Crippen LogP contribution in [0.1, 0.15) is 19.2 Å². The van der Waals surface area contributed by atoms with E-state index in [0.717, 1.165) is 17.8 Å². The van der Waals surface area contributed by atoms with Crippen LogP contribution in [-0.4, -0.2) is 16.7 Å². The van der Waals surface area contributed by atoms with Gasteiger partial charge in [0, 0.05) is 0 Å². The third-order valence-corrected chi connectivity index (χ3v) is 2.76. The molecule has 88 valence electrons. The van der Waals surface area contributed by atoms with Crippen molar-refractivity contribution in [3.63, 3.8) is 0 Å². The molecule has 0 aliphatic rings. The smallest absolute Gasteiger partial charge is 0.257 e. The SMILES string of the molecule is CCCNCc1nnc(-c2cccs2)o1.Cl. The Labute approximate surface area is 104 Å². The quantitative estimate of drug-likeness (QED) is 0.839. The molecule has 1 N–H and O–H groups in total. The molecule has 0 atom stereocenters. The summed E-state index contributed by atoms with van der Waals surface area (Å²) < 4.78 is 5.50. The van der Waals surface area contributed by atoms with E-state index in [1.165, 1.54) is 0 Å². The molecule has 0 bridgehead atoms. The summed E-state index contributed by atoms with van der Waals surface area (Å²) in [4.78, 5) is 1.02. The molecular formula is C10H14ClN3OS. The van der Waals surface area contributed by atoms with Gasteiger partial charge in [0.25, 0.3) is 5.89 Å². The third-order valence-electron chi connectivity index (χ3n) is 1.90. The van der Waals surface area contributed by atoms with Crippen LogP contribution in [0.2, 0.25) is 0 Å². The first-order valence-electron chi connectivity index (χ1n) is 4.97. The first-order chi connectivity index (χ1) is 7.40. The molecule has 0 radical (unpaired) electrons. The minimum atomic E-state index is 0. The predicted molar refractivity (Wildman–Crippen MR) is 66.9 cm³/mol. The van der Waals surface area contributed by atoms with E-state index < -0.39 is 0 Å². The normalized spacial score (nSPS) is 10.1. The highest BCUT2D eigenvalue weighted by Crippen LogP contribution is 2.22. The summed E-state index contributed by atoms with van der Waals surface area (Å²) in [5.41, 5.74) is 0. The van der Waals surface area contributed by atoms with Crippen molar-refractivity contribution >= 4 is 23.7 Å². The second-order valence-electron chi connectivity index (χ2n) is 3.16. The maximum absolute atomic E-state index is 5.50. The number of halogens is 1. The Kier molecular flexibility index (Phi) is 5.45. The summed E-state index contributed by atoms with van der Waals surface area (Å²) in [5.74, 6) is 1.25. The lowest BCUT2D eigenvalue weighted by Gasteiger charge is -1.96. The highest BCUT2D eigenvalue weighted by atomic mass is 35.5. The lowest BCUT2D eigenvalue weighted by molar-refractivity contribution is 0.478. The average Bonchev–Trinajstić information content (AvgIpc) is 2.87. The van der Waals surface area contributed by atoms with Gasteiger partial charge in [0.2, 0.25) is 5.89 Å². The summed E-state index contributed by atoms with van der Waals surface area (Å²) in [6, 6.07) is 3.95. The summed E-state index contributed by atoms with van der Waals surface area (Å²) in [7, 11) is 0. The van der Waals surface area contributed by atoms with Gasteiger partial charge < -0.3 is 9.73 Å². The molecule has 0 aliphatic carbocycles. The van der Waals surface area contributed by atoms with Gasteiger partial charge >= 0.3 is 0 Å². The first-order valence-corrected chi connectivity index (χ1v) is 5.85. The standard InChI is InChI=1S/C10H13N3OS.ClH/c1-2-5-11-7-9-12-13-10(14-9)8-4-3-6-15-8;/h3-4,6,11H,2,5,7H2,1H3;1H. The average molecular weight is 260 g/mol. The number of nitrogens with one attached hydrogen (secondary N) is 1. The lowest BCUT2D eigenvalue weighted by Crippen LogP contribution is -2.13. The van der Waals surface area contributed by atoms with Gasteiger partial charge in [0.15, 0.2) is 0 Å². The molecule has 0 saturated carbocycles. The second kappa shape index (κ2) is 6.62. The van der Waals surface area contributed by atoms with Crippen LogP contribution in [-0.2, 0) is 6.54 Å². The zero-order chi connectivity index (χ0) is 10.5. The molecule has 0 saturated heterocycles. The Bertz CT molecular complexity index is 402. The monoisotopic (exact) mass is 259 g/mol. The second-order valence-corrected chi connectivity index (χ2v) is 4.10. The van der Waals surface area contributed by atoms with Gasteiger partial charge in [-0.05, 0) is 24.4 Å². The molecule has 0 aromatic carbocycles. The van der Waals surface area contributed by atoms with Crippen molar-refractivity contribution < 1.29 is 4.42 Å².